The first-order valence-electron chi connectivity index (χ1n) is 11.0. The number of likely N-dealkylation sites (N-methyl/N-ethyl adjacent to an activating group) is 1. The Labute approximate surface area is 203 Å². The molecule has 1 amide bonds. The molecule has 0 aromatic heterocycles. The second-order valence-corrected chi connectivity index (χ2v) is 7.99. The molecule has 0 spiro atoms. The van der Waals surface area contributed by atoms with Gasteiger partial charge in [0.15, 0.2) is 23.3 Å². The second kappa shape index (κ2) is 12.1. The van der Waals surface area contributed by atoms with E-state index in [0.717, 1.165) is 17.0 Å². The molecule has 0 bridgehead atoms. The van der Waals surface area contributed by atoms with Gasteiger partial charge in [0.25, 0.3) is 5.91 Å². The van der Waals surface area contributed by atoms with Crippen LogP contribution in [-0.2, 0) is 14.3 Å². The van der Waals surface area contributed by atoms with Crippen molar-refractivity contribution in [2.24, 2.45) is 4.99 Å². The van der Waals surface area contributed by atoms with Gasteiger partial charge in [-0.3, -0.25) is 9.69 Å². The first-order chi connectivity index (χ1) is 16.5. The maximum absolute atomic E-state index is 13.0. The third-order valence-corrected chi connectivity index (χ3v) is 5.72. The zero-order chi connectivity index (χ0) is 24.5. The minimum absolute atomic E-state index is 0.111. The van der Waals surface area contributed by atoms with E-state index < -0.39 is 5.97 Å². The summed E-state index contributed by atoms with van der Waals surface area (Å²) in [6.07, 6.45) is 1.80. The summed E-state index contributed by atoms with van der Waals surface area (Å²) in [5.74, 6) is 1.09. The molecule has 1 aliphatic rings. The number of nitrogens with zero attached hydrogens (tertiary/aromatic N) is 2. The number of methoxy groups -OCH3 is 1. The van der Waals surface area contributed by atoms with Crippen LogP contribution in [0.3, 0.4) is 0 Å². The van der Waals surface area contributed by atoms with Crippen LogP contribution in [0.15, 0.2) is 52.4 Å². The monoisotopic (exact) mass is 484 g/mol. The topological polar surface area (TPSA) is 86.7 Å². The van der Waals surface area contributed by atoms with Gasteiger partial charge in [-0.05, 0) is 80.6 Å². The molecule has 0 aliphatic carbocycles. The largest absolute Gasteiger partial charge is 0.497 e. The molecule has 2 aromatic carbocycles. The van der Waals surface area contributed by atoms with Crippen molar-refractivity contribution in [1.29, 1.82) is 0 Å². The van der Waals surface area contributed by atoms with E-state index in [0.29, 0.717) is 34.7 Å². The van der Waals surface area contributed by atoms with Gasteiger partial charge in [-0.1, -0.05) is 6.07 Å². The number of carbonyl (C=O) groups excluding carboxylic acids is 2. The highest BCUT2D eigenvalue weighted by Gasteiger charge is 2.32. The summed E-state index contributed by atoms with van der Waals surface area (Å²) in [5, 5.41) is 0.614. The lowest BCUT2D eigenvalue weighted by Crippen LogP contribution is -2.28. The van der Waals surface area contributed by atoms with Gasteiger partial charge >= 0.3 is 5.97 Å². The molecule has 0 N–H and O–H groups in total. The Morgan fingerprint density at radius 2 is 1.79 bits per heavy atom. The van der Waals surface area contributed by atoms with E-state index in [1.54, 1.807) is 43.2 Å². The average molecular weight is 485 g/mol. The molecule has 180 valence electrons. The summed E-state index contributed by atoms with van der Waals surface area (Å²) in [5.41, 5.74) is 1.50. The van der Waals surface area contributed by atoms with E-state index in [-0.39, 0.29) is 19.1 Å². The number of amidine groups is 1. The molecule has 0 saturated carbocycles. The lowest BCUT2D eigenvalue weighted by Gasteiger charge is -2.12. The van der Waals surface area contributed by atoms with E-state index in [1.165, 1.54) is 11.8 Å². The van der Waals surface area contributed by atoms with Crippen LogP contribution in [0.25, 0.3) is 6.08 Å². The highest BCUT2D eigenvalue weighted by Crippen LogP contribution is 2.36. The normalized spacial score (nSPS) is 15.6. The summed E-state index contributed by atoms with van der Waals surface area (Å²) < 4.78 is 21.3. The van der Waals surface area contributed by atoms with Crippen LogP contribution in [-0.4, -0.2) is 55.4 Å². The minimum Gasteiger partial charge on any atom is -0.497 e. The number of hydrogen-bond acceptors (Lipinski definition) is 8. The van der Waals surface area contributed by atoms with Crippen molar-refractivity contribution in [1.82, 2.24) is 4.90 Å². The van der Waals surface area contributed by atoms with E-state index >= 15 is 0 Å². The van der Waals surface area contributed by atoms with Crippen molar-refractivity contribution in [2.75, 3.05) is 33.5 Å². The lowest BCUT2D eigenvalue weighted by atomic mass is 10.2. The molecule has 9 heteroatoms. The highest BCUT2D eigenvalue weighted by molar-refractivity contribution is 8.18. The fourth-order valence-corrected chi connectivity index (χ4v) is 4.19. The Hall–Kier alpha value is -3.46. The van der Waals surface area contributed by atoms with Crippen LogP contribution in [0, 0.1) is 0 Å². The molecule has 1 fully saturated rings. The molecule has 0 atom stereocenters. The van der Waals surface area contributed by atoms with E-state index in [2.05, 4.69) is 4.99 Å². The van der Waals surface area contributed by atoms with Crippen LogP contribution in [0.4, 0.5) is 5.69 Å². The van der Waals surface area contributed by atoms with Crippen LogP contribution < -0.4 is 14.2 Å². The third-order valence-electron chi connectivity index (χ3n) is 4.72. The number of carbonyl (C=O) groups is 2. The molecular formula is C25H28N2O6S. The first-order valence-corrected chi connectivity index (χ1v) is 11.8. The van der Waals surface area contributed by atoms with Gasteiger partial charge in [-0.15, -0.1) is 0 Å². The predicted octanol–water partition coefficient (Wildman–Crippen LogP) is 4.66. The Morgan fingerprint density at radius 3 is 2.44 bits per heavy atom. The predicted molar refractivity (Wildman–Crippen MR) is 133 cm³/mol. The van der Waals surface area contributed by atoms with Crippen molar-refractivity contribution in [2.45, 2.75) is 20.8 Å². The molecule has 0 radical (unpaired) electrons. The molecule has 2 aromatic rings. The van der Waals surface area contributed by atoms with Gasteiger partial charge in [-0.25, -0.2) is 9.79 Å². The van der Waals surface area contributed by atoms with Gasteiger partial charge in [0.1, 0.15) is 5.75 Å². The van der Waals surface area contributed by atoms with Crippen molar-refractivity contribution >= 4 is 40.6 Å². The van der Waals surface area contributed by atoms with Gasteiger partial charge < -0.3 is 18.9 Å². The molecule has 34 heavy (non-hydrogen) atoms. The summed E-state index contributed by atoms with van der Waals surface area (Å²) >= 11 is 1.32. The number of amides is 1. The molecule has 3 rings (SSSR count). The summed E-state index contributed by atoms with van der Waals surface area (Å²) in [6.45, 7) is 6.51. The Kier molecular flexibility index (Phi) is 8.98. The van der Waals surface area contributed by atoms with Crippen LogP contribution in [0.1, 0.15) is 26.3 Å². The number of rotatable bonds is 10. The number of hydrogen-bond donors (Lipinski definition) is 0. The fraction of sp³-hybridized carbons (Fsp3) is 0.320. The van der Waals surface area contributed by atoms with Gasteiger partial charge in [0.05, 0.1) is 30.9 Å². The van der Waals surface area contributed by atoms with E-state index in [4.69, 9.17) is 18.9 Å². The highest BCUT2D eigenvalue weighted by atomic mass is 32.2. The average Bonchev–Trinajstić information content (AvgIpc) is 3.13. The van der Waals surface area contributed by atoms with Gasteiger partial charge in [0.2, 0.25) is 0 Å². The second-order valence-electron chi connectivity index (χ2n) is 6.99. The van der Waals surface area contributed by atoms with Crippen molar-refractivity contribution in [3.8, 4) is 17.2 Å². The van der Waals surface area contributed by atoms with Gasteiger partial charge in [0, 0.05) is 6.54 Å². The van der Waals surface area contributed by atoms with Gasteiger partial charge in [-0.2, -0.15) is 0 Å². The van der Waals surface area contributed by atoms with E-state index in [1.807, 2.05) is 38.1 Å². The quantitative estimate of drug-likeness (QED) is 0.358. The Balaban J connectivity index is 1.83. The summed E-state index contributed by atoms with van der Waals surface area (Å²) in [7, 11) is 1.61. The molecule has 1 aliphatic heterocycles. The maximum atomic E-state index is 13.0. The zero-order valence-electron chi connectivity index (χ0n) is 19.7. The third kappa shape index (κ3) is 6.32. The number of thioether (sulfide) groups is 1. The maximum Gasteiger partial charge on any atom is 0.344 e. The zero-order valence-corrected chi connectivity index (χ0v) is 20.5. The Morgan fingerprint density at radius 1 is 1.03 bits per heavy atom. The summed E-state index contributed by atoms with van der Waals surface area (Å²) in [4.78, 5) is 31.4. The number of esters is 1. The van der Waals surface area contributed by atoms with Crippen LogP contribution >= 0.6 is 11.8 Å². The molecule has 1 saturated heterocycles. The lowest BCUT2D eigenvalue weighted by molar-refractivity contribution is -0.145. The summed E-state index contributed by atoms with van der Waals surface area (Å²) in [6, 6.07) is 12.6. The first kappa shape index (κ1) is 25.2. The number of benzene rings is 2. The van der Waals surface area contributed by atoms with Crippen LogP contribution in [0.5, 0.6) is 17.2 Å². The Bertz CT molecular complexity index is 1080. The van der Waals surface area contributed by atoms with Crippen molar-refractivity contribution < 1.29 is 28.5 Å². The molecule has 1 heterocycles. The van der Waals surface area contributed by atoms with E-state index in [9.17, 15) is 9.59 Å². The number of ether oxygens (including phenoxy) is 4. The van der Waals surface area contributed by atoms with Crippen molar-refractivity contribution in [3.63, 3.8) is 0 Å². The standard InChI is InChI=1S/C25H28N2O6S/c1-5-27-24(29)22(34-25(27)26-18-9-11-19(30-4)12-10-18)15-17-8-13-20(21(14-17)31-6-2)33-16-23(28)32-7-3/h8-15H,5-7,16H2,1-4H3/b22-15+,26-25?. The smallest absolute Gasteiger partial charge is 0.344 e. The SMILES string of the molecule is CCOC(=O)COc1ccc(/C=C2/SC(=Nc3ccc(OC)cc3)N(CC)C2=O)cc1OCC. The molecule has 8 nitrogen and oxygen atoms in total. The molecule has 0 unspecified atom stereocenters. The van der Waals surface area contributed by atoms with Crippen molar-refractivity contribution in [3.05, 3.63) is 52.9 Å². The van der Waals surface area contributed by atoms with Crippen LogP contribution in [0.2, 0.25) is 0 Å². The number of aliphatic imine (C=N–C) groups is 1. The minimum atomic E-state index is -0.451. The fourth-order valence-electron chi connectivity index (χ4n) is 3.13. The molecular weight excluding hydrogens is 456 g/mol.